The summed E-state index contributed by atoms with van der Waals surface area (Å²) < 4.78 is 0. The second-order valence-electron chi connectivity index (χ2n) is 4.22. The van der Waals surface area contributed by atoms with Crippen LogP contribution in [0.25, 0.3) is 0 Å². The fourth-order valence-corrected chi connectivity index (χ4v) is 1.66. The minimum atomic E-state index is 0.297. The summed E-state index contributed by atoms with van der Waals surface area (Å²) in [5.74, 6) is 0. The van der Waals surface area contributed by atoms with Crippen molar-refractivity contribution in [3.63, 3.8) is 0 Å². The molecular formula is C18H27N. The maximum absolute atomic E-state index is 2.20. The molecule has 0 aliphatic heterocycles. The van der Waals surface area contributed by atoms with E-state index in [0.29, 0.717) is 6.04 Å². The molecule has 0 amide bonds. The van der Waals surface area contributed by atoms with E-state index >= 15 is 0 Å². The summed E-state index contributed by atoms with van der Waals surface area (Å²) in [7, 11) is 2.09. The van der Waals surface area contributed by atoms with Crippen molar-refractivity contribution in [2.45, 2.75) is 33.7 Å². The van der Waals surface area contributed by atoms with Crippen molar-refractivity contribution in [2.75, 3.05) is 7.05 Å². The topological polar surface area (TPSA) is 3.24 Å². The average molecular weight is 257 g/mol. The fourth-order valence-electron chi connectivity index (χ4n) is 1.66. The van der Waals surface area contributed by atoms with E-state index in [1.807, 2.05) is 39.8 Å². The van der Waals surface area contributed by atoms with Crippen molar-refractivity contribution in [2.24, 2.45) is 0 Å². The van der Waals surface area contributed by atoms with Gasteiger partial charge in [0.25, 0.3) is 0 Å². The van der Waals surface area contributed by atoms with Crippen LogP contribution in [-0.2, 0) is 0 Å². The van der Waals surface area contributed by atoms with Crippen LogP contribution in [0.1, 0.15) is 27.7 Å². The van der Waals surface area contributed by atoms with E-state index in [1.54, 1.807) is 0 Å². The number of hydrogen-bond acceptors (Lipinski definition) is 1. The third kappa shape index (κ3) is 8.04. The molecule has 1 nitrogen and oxygen atoms in total. The highest BCUT2D eigenvalue weighted by Gasteiger charge is 2.03. The second kappa shape index (κ2) is 11.3. The number of allylic oxidation sites excluding steroid dienone is 9. The van der Waals surface area contributed by atoms with Crippen LogP contribution in [0.4, 0.5) is 0 Å². The molecule has 0 spiro atoms. The fraction of sp³-hybridized carbons (Fsp3) is 0.333. The Bertz CT molecular complexity index is 380. The van der Waals surface area contributed by atoms with Crippen molar-refractivity contribution in [3.8, 4) is 0 Å². The van der Waals surface area contributed by atoms with Gasteiger partial charge >= 0.3 is 0 Å². The zero-order valence-electron chi connectivity index (χ0n) is 12.9. The summed E-state index contributed by atoms with van der Waals surface area (Å²) in [5, 5.41) is 0. The zero-order valence-corrected chi connectivity index (χ0v) is 12.9. The summed E-state index contributed by atoms with van der Waals surface area (Å²) in [5.41, 5.74) is 1.18. The first-order chi connectivity index (χ1) is 9.19. The summed E-state index contributed by atoms with van der Waals surface area (Å²) in [6, 6.07) is 0.297. The van der Waals surface area contributed by atoms with Crippen molar-refractivity contribution in [1.82, 2.24) is 4.90 Å². The quantitative estimate of drug-likeness (QED) is 0.456. The molecule has 0 rings (SSSR count). The lowest BCUT2D eigenvalue weighted by molar-refractivity contribution is 0.436. The molecule has 0 fully saturated rings. The van der Waals surface area contributed by atoms with Crippen molar-refractivity contribution >= 4 is 0 Å². The monoisotopic (exact) mass is 257 g/mol. The smallest absolute Gasteiger partial charge is 0.0648 e. The van der Waals surface area contributed by atoms with Crippen LogP contribution in [-0.4, -0.2) is 18.0 Å². The van der Waals surface area contributed by atoms with E-state index in [4.69, 9.17) is 0 Å². The maximum atomic E-state index is 2.20. The molecule has 0 saturated carbocycles. The minimum Gasteiger partial charge on any atom is -0.370 e. The van der Waals surface area contributed by atoms with Gasteiger partial charge in [-0.25, -0.2) is 0 Å². The summed E-state index contributed by atoms with van der Waals surface area (Å²) in [4.78, 5) is 2.20. The van der Waals surface area contributed by atoms with Crippen LogP contribution in [0, 0.1) is 0 Å². The summed E-state index contributed by atoms with van der Waals surface area (Å²) >= 11 is 0. The van der Waals surface area contributed by atoms with Crippen LogP contribution in [0.3, 0.4) is 0 Å². The van der Waals surface area contributed by atoms with Crippen molar-refractivity contribution in [1.29, 1.82) is 0 Å². The highest BCUT2D eigenvalue weighted by molar-refractivity contribution is 5.32. The molecule has 0 aromatic rings. The van der Waals surface area contributed by atoms with Gasteiger partial charge in [0.05, 0.1) is 6.04 Å². The first kappa shape index (κ1) is 17.2. The van der Waals surface area contributed by atoms with Crippen LogP contribution in [0.5, 0.6) is 0 Å². The van der Waals surface area contributed by atoms with E-state index in [1.165, 1.54) is 5.57 Å². The van der Waals surface area contributed by atoms with Gasteiger partial charge in [0.15, 0.2) is 0 Å². The molecule has 0 bridgehead atoms. The normalized spacial score (nSPS) is 15.7. The Morgan fingerprint density at radius 3 is 1.89 bits per heavy atom. The lowest BCUT2D eigenvalue weighted by Gasteiger charge is -2.21. The van der Waals surface area contributed by atoms with Gasteiger partial charge in [0, 0.05) is 13.2 Å². The number of likely N-dealkylation sites (N-methyl/N-ethyl adjacent to an activating group) is 1. The second-order valence-corrected chi connectivity index (χ2v) is 4.22. The molecule has 0 aromatic carbocycles. The largest absolute Gasteiger partial charge is 0.370 e. The average Bonchev–Trinajstić information content (AvgIpc) is 2.39. The van der Waals surface area contributed by atoms with Gasteiger partial charge in [0.2, 0.25) is 0 Å². The summed E-state index contributed by atoms with van der Waals surface area (Å²) in [6.07, 6.45) is 23.1. The predicted octanol–water partition coefficient (Wildman–Crippen LogP) is 5.03. The lowest BCUT2D eigenvalue weighted by atomic mass is 10.2. The summed E-state index contributed by atoms with van der Waals surface area (Å²) in [6.45, 7) is 8.15. The first-order valence-electron chi connectivity index (χ1n) is 6.81. The predicted molar refractivity (Wildman–Crippen MR) is 88.0 cm³/mol. The van der Waals surface area contributed by atoms with Gasteiger partial charge in [-0.15, -0.1) is 0 Å². The Kier molecular flexibility index (Phi) is 10.3. The molecule has 0 radical (unpaired) electrons. The van der Waals surface area contributed by atoms with E-state index < -0.39 is 0 Å². The van der Waals surface area contributed by atoms with Crippen LogP contribution in [0.2, 0.25) is 0 Å². The molecule has 104 valence electrons. The van der Waals surface area contributed by atoms with Gasteiger partial charge < -0.3 is 4.90 Å². The Labute approximate surface area is 119 Å². The van der Waals surface area contributed by atoms with Gasteiger partial charge in [-0.3, -0.25) is 0 Å². The number of rotatable bonds is 7. The van der Waals surface area contributed by atoms with Crippen molar-refractivity contribution < 1.29 is 0 Å². The number of hydrogen-bond donors (Lipinski definition) is 0. The third-order valence-corrected chi connectivity index (χ3v) is 2.55. The van der Waals surface area contributed by atoms with Gasteiger partial charge in [-0.1, -0.05) is 60.8 Å². The molecule has 0 aromatic heterocycles. The Morgan fingerprint density at radius 1 is 0.789 bits per heavy atom. The molecule has 1 unspecified atom stereocenters. The molecule has 0 N–H and O–H groups in total. The molecule has 0 saturated heterocycles. The van der Waals surface area contributed by atoms with Gasteiger partial charge in [-0.2, -0.15) is 0 Å². The molecule has 1 atom stereocenters. The van der Waals surface area contributed by atoms with E-state index in [2.05, 4.69) is 66.8 Å². The SMILES string of the molecule is CC=CC(/C=C\C)N(C)/C=C(/C=C\C=C/C)\C=C\C. The molecule has 19 heavy (non-hydrogen) atoms. The third-order valence-electron chi connectivity index (χ3n) is 2.55. The highest BCUT2D eigenvalue weighted by atomic mass is 15.1. The van der Waals surface area contributed by atoms with E-state index in [-0.39, 0.29) is 0 Å². The zero-order chi connectivity index (χ0) is 14.5. The Hall–Kier alpha value is -1.76. The molecule has 0 heterocycles. The maximum Gasteiger partial charge on any atom is 0.0648 e. The van der Waals surface area contributed by atoms with Crippen LogP contribution < -0.4 is 0 Å². The molecule has 0 aliphatic carbocycles. The van der Waals surface area contributed by atoms with Crippen LogP contribution in [0.15, 0.2) is 72.5 Å². The Morgan fingerprint density at radius 2 is 1.42 bits per heavy atom. The Balaban J connectivity index is 5.08. The van der Waals surface area contributed by atoms with Crippen LogP contribution >= 0.6 is 0 Å². The molecule has 1 heteroatoms. The lowest BCUT2D eigenvalue weighted by Crippen LogP contribution is -2.23. The highest BCUT2D eigenvalue weighted by Crippen LogP contribution is 2.08. The molecular weight excluding hydrogens is 230 g/mol. The molecule has 0 aliphatic rings. The van der Waals surface area contributed by atoms with Gasteiger partial charge in [0.1, 0.15) is 0 Å². The van der Waals surface area contributed by atoms with E-state index in [0.717, 1.165) is 0 Å². The minimum absolute atomic E-state index is 0.297. The first-order valence-corrected chi connectivity index (χ1v) is 6.81. The van der Waals surface area contributed by atoms with Crippen molar-refractivity contribution in [3.05, 3.63) is 72.5 Å². The van der Waals surface area contributed by atoms with E-state index in [9.17, 15) is 0 Å². The standard InChI is InChI=1S/C18H27N/c1-6-10-11-15-17(12-7-2)16-19(5)18(13-8-3)14-9-4/h6-16,18H,1-5H3/b10-6-,12-7+,13-8-,14-9?,15-11-,17-16+. The number of nitrogens with zero attached hydrogens (tertiary/aromatic N) is 1. The van der Waals surface area contributed by atoms with Gasteiger partial charge in [-0.05, 0) is 33.3 Å².